The van der Waals surface area contributed by atoms with Crippen LogP contribution in [0.2, 0.25) is 0 Å². The van der Waals surface area contributed by atoms with Gasteiger partial charge in [-0.05, 0) is 19.3 Å². The Morgan fingerprint density at radius 3 is 2.60 bits per heavy atom. The van der Waals surface area contributed by atoms with Crippen LogP contribution in [0.3, 0.4) is 0 Å². The van der Waals surface area contributed by atoms with E-state index in [-0.39, 0.29) is 35.4 Å². The Hall–Kier alpha value is -1.66. The van der Waals surface area contributed by atoms with Crippen LogP contribution in [0.25, 0.3) is 0 Å². The van der Waals surface area contributed by atoms with Crippen LogP contribution in [-0.2, 0) is 19.1 Å². The van der Waals surface area contributed by atoms with E-state index in [4.69, 9.17) is 9.47 Å². The summed E-state index contributed by atoms with van der Waals surface area (Å²) in [5.74, 6) is -1.40. The van der Waals surface area contributed by atoms with Gasteiger partial charge in [-0.1, -0.05) is 26.0 Å². The van der Waals surface area contributed by atoms with Gasteiger partial charge in [-0.2, -0.15) is 0 Å². The van der Waals surface area contributed by atoms with Crippen molar-refractivity contribution in [2.75, 3.05) is 0 Å². The second-order valence-electron chi connectivity index (χ2n) is 8.16. The third-order valence-corrected chi connectivity index (χ3v) is 6.67. The molecule has 136 valence electrons. The summed E-state index contributed by atoms with van der Waals surface area (Å²) in [4.78, 5) is 25.2. The van der Waals surface area contributed by atoms with Crippen molar-refractivity contribution in [1.82, 2.24) is 0 Å². The SMILES string of the molecule is C[C@@H]1CCC(=O)C2=C3O[C@@]4(C)[C@H](C)C[C@@]3(OC2=O)C(/C=C\[C@H]1O)[C@H]4O. The summed E-state index contributed by atoms with van der Waals surface area (Å²) in [5.41, 5.74) is -2.06. The Morgan fingerprint density at radius 1 is 1.16 bits per heavy atom. The molecule has 6 heteroatoms. The van der Waals surface area contributed by atoms with Gasteiger partial charge < -0.3 is 19.7 Å². The van der Waals surface area contributed by atoms with Gasteiger partial charge in [-0.25, -0.2) is 4.79 Å². The fourth-order valence-corrected chi connectivity index (χ4v) is 4.71. The van der Waals surface area contributed by atoms with E-state index in [0.717, 1.165) is 0 Å². The van der Waals surface area contributed by atoms with E-state index in [2.05, 4.69) is 0 Å². The van der Waals surface area contributed by atoms with Crippen molar-refractivity contribution < 1.29 is 29.3 Å². The molecule has 1 saturated carbocycles. The van der Waals surface area contributed by atoms with Crippen LogP contribution < -0.4 is 0 Å². The van der Waals surface area contributed by atoms with Crippen LogP contribution in [-0.4, -0.2) is 45.4 Å². The molecule has 25 heavy (non-hydrogen) atoms. The predicted octanol–water partition coefficient (Wildman–Crippen LogP) is 1.26. The number of ketones is 1. The molecule has 3 heterocycles. The minimum atomic E-state index is -1.15. The van der Waals surface area contributed by atoms with Crippen LogP contribution in [0.1, 0.15) is 40.0 Å². The summed E-state index contributed by atoms with van der Waals surface area (Å²) < 4.78 is 11.8. The quantitative estimate of drug-likeness (QED) is 0.389. The second kappa shape index (κ2) is 5.17. The summed E-state index contributed by atoms with van der Waals surface area (Å²) in [6, 6.07) is 0. The minimum absolute atomic E-state index is 0.00739. The Balaban J connectivity index is 1.93. The molecule has 7 atom stereocenters. The lowest BCUT2D eigenvalue weighted by atomic mass is 9.59. The highest BCUT2D eigenvalue weighted by molar-refractivity contribution is 6.19. The second-order valence-corrected chi connectivity index (χ2v) is 8.16. The lowest BCUT2D eigenvalue weighted by Gasteiger charge is -2.59. The monoisotopic (exact) mass is 348 g/mol. The number of aliphatic hydroxyl groups is 2. The number of fused-ring (bicyclic) bond motifs is 1. The smallest absolute Gasteiger partial charge is 0.346 e. The molecular weight excluding hydrogens is 324 g/mol. The largest absolute Gasteiger partial charge is 0.484 e. The summed E-state index contributed by atoms with van der Waals surface area (Å²) in [5, 5.41) is 21.3. The van der Waals surface area contributed by atoms with Crippen molar-refractivity contribution in [2.24, 2.45) is 17.8 Å². The van der Waals surface area contributed by atoms with E-state index in [1.54, 1.807) is 12.2 Å². The first-order valence-electron chi connectivity index (χ1n) is 8.95. The number of aliphatic hydroxyl groups excluding tert-OH is 2. The van der Waals surface area contributed by atoms with Crippen LogP contribution in [0.5, 0.6) is 0 Å². The zero-order valence-electron chi connectivity index (χ0n) is 14.7. The van der Waals surface area contributed by atoms with Gasteiger partial charge in [0.15, 0.2) is 17.1 Å². The van der Waals surface area contributed by atoms with Gasteiger partial charge in [0.1, 0.15) is 17.3 Å². The fourth-order valence-electron chi connectivity index (χ4n) is 4.71. The standard InChI is InChI=1S/C19H24O6/c1-9-4-6-13(21)14-16-19(25-17(14)23)8-10(2)18(3,24-16)15(22)11(19)5-7-12(9)20/h5,7,9-12,15,20,22H,4,6,8H2,1-3H3/b7-5-/t9-,10-,11?,12-,15-,18+,19-/m1/s1. The van der Waals surface area contributed by atoms with Crippen LogP contribution in [0.4, 0.5) is 0 Å². The van der Waals surface area contributed by atoms with Gasteiger partial charge in [0.25, 0.3) is 0 Å². The van der Waals surface area contributed by atoms with Crippen molar-refractivity contribution in [2.45, 2.75) is 63.4 Å². The number of esters is 1. The van der Waals surface area contributed by atoms with Gasteiger partial charge in [0.2, 0.25) is 0 Å². The van der Waals surface area contributed by atoms with Crippen molar-refractivity contribution in [1.29, 1.82) is 0 Å². The molecule has 5 bridgehead atoms. The number of carbonyl (C=O) groups is 2. The van der Waals surface area contributed by atoms with Crippen molar-refractivity contribution in [3.8, 4) is 0 Å². The maximum Gasteiger partial charge on any atom is 0.346 e. The summed E-state index contributed by atoms with van der Waals surface area (Å²) in [6.45, 7) is 5.62. The van der Waals surface area contributed by atoms with E-state index < -0.39 is 35.3 Å². The first-order valence-corrected chi connectivity index (χ1v) is 8.95. The van der Waals surface area contributed by atoms with Crippen LogP contribution in [0.15, 0.2) is 23.5 Å². The van der Waals surface area contributed by atoms with Gasteiger partial charge in [0.05, 0.1) is 12.0 Å². The van der Waals surface area contributed by atoms with E-state index in [0.29, 0.717) is 12.8 Å². The topological polar surface area (TPSA) is 93.1 Å². The van der Waals surface area contributed by atoms with Crippen molar-refractivity contribution >= 4 is 11.8 Å². The molecule has 2 N–H and O–H groups in total. The van der Waals surface area contributed by atoms with E-state index >= 15 is 0 Å². The molecule has 5 aliphatic rings. The average molecular weight is 348 g/mol. The predicted molar refractivity (Wildman–Crippen MR) is 87.2 cm³/mol. The number of ether oxygens (including phenoxy) is 2. The zero-order chi connectivity index (χ0) is 18.1. The van der Waals surface area contributed by atoms with Crippen LogP contribution in [0, 0.1) is 17.8 Å². The Labute approximate surface area is 146 Å². The maximum atomic E-state index is 12.7. The molecule has 2 saturated heterocycles. The van der Waals surface area contributed by atoms with Gasteiger partial charge in [-0.15, -0.1) is 0 Å². The van der Waals surface area contributed by atoms with Crippen molar-refractivity contribution in [3.63, 3.8) is 0 Å². The molecule has 0 radical (unpaired) electrons. The molecular formula is C19H24O6. The zero-order valence-corrected chi connectivity index (χ0v) is 14.7. The molecule has 0 aromatic heterocycles. The lowest BCUT2D eigenvalue weighted by Crippen LogP contribution is -2.69. The number of hydrogen-bond donors (Lipinski definition) is 2. The lowest BCUT2D eigenvalue weighted by molar-refractivity contribution is -0.262. The fraction of sp³-hybridized carbons (Fsp3) is 0.684. The molecule has 5 rings (SSSR count). The molecule has 1 spiro atoms. The number of Topliss-reactive ketones (excluding diaryl/α,β-unsaturated/α-hetero) is 1. The first-order chi connectivity index (χ1) is 11.7. The Morgan fingerprint density at radius 2 is 1.88 bits per heavy atom. The Kier molecular flexibility index (Phi) is 3.48. The highest BCUT2D eigenvalue weighted by Gasteiger charge is 2.70. The number of hydrogen-bond acceptors (Lipinski definition) is 6. The van der Waals surface area contributed by atoms with Crippen LogP contribution >= 0.6 is 0 Å². The highest BCUT2D eigenvalue weighted by atomic mass is 16.6. The molecule has 0 aromatic carbocycles. The van der Waals surface area contributed by atoms with Gasteiger partial charge in [-0.3, -0.25) is 4.79 Å². The Bertz CT molecular complexity index is 709. The maximum absolute atomic E-state index is 12.7. The molecule has 0 amide bonds. The average Bonchev–Trinajstić information content (AvgIpc) is 2.82. The summed E-state index contributed by atoms with van der Waals surface area (Å²) in [7, 11) is 0. The van der Waals surface area contributed by atoms with Gasteiger partial charge in [0, 0.05) is 18.8 Å². The molecule has 2 aliphatic carbocycles. The van der Waals surface area contributed by atoms with Gasteiger partial charge >= 0.3 is 5.97 Å². The molecule has 3 aliphatic heterocycles. The summed E-state index contributed by atoms with van der Waals surface area (Å²) in [6.07, 6.45) is 2.87. The van der Waals surface area contributed by atoms with Crippen molar-refractivity contribution in [3.05, 3.63) is 23.5 Å². The normalized spacial score (nSPS) is 50.2. The molecule has 3 fully saturated rings. The number of carbonyl (C=O) groups excluding carboxylic acids is 2. The molecule has 1 unspecified atom stereocenters. The third kappa shape index (κ3) is 2.04. The first kappa shape index (κ1) is 16.8. The molecule has 0 aromatic rings. The number of rotatable bonds is 0. The van der Waals surface area contributed by atoms with E-state index in [9.17, 15) is 19.8 Å². The highest BCUT2D eigenvalue weighted by Crippen LogP contribution is 2.60. The molecule has 6 nitrogen and oxygen atoms in total. The third-order valence-electron chi connectivity index (χ3n) is 6.67. The minimum Gasteiger partial charge on any atom is -0.484 e. The summed E-state index contributed by atoms with van der Waals surface area (Å²) >= 11 is 0. The van der Waals surface area contributed by atoms with E-state index in [1.807, 2.05) is 20.8 Å². The van der Waals surface area contributed by atoms with E-state index in [1.165, 1.54) is 0 Å².